The van der Waals surface area contributed by atoms with E-state index in [0.29, 0.717) is 48.6 Å². The lowest BCUT2D eigenvalue weighted by Crippen LogP contribution is -2.36. The van der Waals surface area contributed by atoms with Gasteiger partial charge in [0.05, 0.1) is 29.5 Å². The van der Waals surface area contributed by atoms with Crippen LogP contribution in [0.15, 0.2) is 36.4 Å². The Morgan fingerprint density at radius 3 is 2.41 bits per heavy atom. The highest BCUT2D eigenvalue weighted by molar-refractivity contribution is 6.31. The number of nitrogens with zero attached hydrogens (tertiary/aromatic N) is 3. The third-order valence-electron chi connectivity index (χ3n) is 6.12. The van der Waals surface area contributed by atoms with Crippen LogP contribution in [-0.4, -0.2) is 50.2 Å². The van der Waals surface area contributed by atoms with E-state index in [-0.39, 0.29) is 11.3 Å². The van der Waals surface area contributed by atoms with E-state index in [0.717, 1.165) is 31.6 Å². The van der Waals surface area contributed by atoms with Gasteiger partial charge in [0.25, 0.3) is 11.6 Å². The van der Waals surface area contributed by atoms with Crippen LogP contribution in [0.1, 0.15) is 30.1 Å². The molecule has 2 aliphatic rings. The smallest absolute Gasteiger partial charge is 0.293 e. The summed E-state index contributed by atoms with van der Waals surface area (Å²) in [6.45, 7) is 6.38. The first-order valence-corrected chi connectivity index (χ1v) is 11.3. The summed E-state index contributed by atoms with van der Waals surface area (Å²) in [6, 6.07) is 10.0. The third kappa shape index (κ3) is 4.97. The Labute approximate surface area is 192 Å². The Morgan fingerprint density at radius 2 is 1.72 bits per heavy atom. The summed E-state index contributed by atoms with van der Waals surface area (Å²) in [5.41, 5.74) is 2.17. The zero-order chi connectivity index (χ0) is 22.7. The number of nitro benzene ring substituents is 1. The fraction of sp³-hybridized carbons (Fsp3) is 0.435. The van der Waals surface area contributed by atoms with Gasteiger partial charge < -0.3 is 19.9 Å². The van der Waals surface area contributed by atoms with Crippen LogP contribution >= 0.6 is 11.6 Å². The molecule has 0 spiro atoms. The van der Waals surface area contributed by atoms with Crippen LogP contribution in [0.3, 0.4) is 0 Å². The molecule has 0 bridgehead atoms. The van der Waals surface area contributed by atoms with Gasteiger partial charge in [0.15, 0.2) is 0 Å². The number of nitrogens with one attached hydrogen (secondary N) is 1. The minimum atomic E-state index is -0.414. The summed E-state index contributed by atoms with van der Waals surface area (Å²) in [4.78, 5) is 28.6. The average Bonchev–Trinajstić information content (AvgIpc) is 2.80. The number of amides is 1. The van der Waals surface area contributed by atoms with E-state index >= 15 is 0 Å². The molecule has 8 nitrogen and oxygen atoms in total. The van der Waals surface area contributed by atoms with Gasteiger partial charge in [-0.05, 0) is 49.1 Å². The minimum Gasteiger partial charge on any atom is -0.378 e. The zero-order valence-electron chi connectivity index (χ0n) is 18.1. The number of hydrogen-bond donors (Lipinski definition) is 1. The maximum Gasteiger partial charge on any atom is 0.293 e. The van der Waals surface area contributed by atoms with Gasteiger partial charge in [0.2, 0.25) is 0 Å². The van der Waals surface area contributed by atoms with Crippen LogP contribution in [0.4, 0.5) is 22.7 Å². The second kappa shape index (κ2) is 9.75. The molecule has 0 aromatic heterocycles. The molecule has 2 aromatic carbocycles. The molecule has 2 aromatic rings. The highest BCUT2D eigenvalue weighted by Gasteiger charge is 2.25. The Hall–Kier alpha value is -2.84. The number of carbonyl (C=O) groups is 1. The number of ether oxygens (including phenoxy) is 1. The van der Waals surface area contributed by atoms with Crippen molar-refractivity contribution in [2.24, 2.45) is 5.92 Å². The van der Waals surface area contributed by atoms with Gasteiger partial charge in [-0.25, -0.2) is 0 Å². The monoisotopic (exact) mass is 458 g/mol. The van der Waals surface area contributed by atoms with Crippen molar-refractivity contribution in [1.29, 1.82) is 0 Å². The van der Waals surface area contributed by atoms with E-state index in [9.17, 15) is 14.9 Å². The highest BCUT2D eigenvalue weighted by Crippen LogP contribution is 2.34. The summed E-state index contributed by atoms with van der Waals surface area (Å²) >= 11 is 6.18. The van der Waals surface area contributed by atoms with E-state index in [1.165, 1.54) is 6.07 Å². The Kier molecular flexibility index (Phi) is 6.81. The molecule has 9 heteroatoms. The fourth-order valence-electron chi connectivity index (χ4n) is 4.21. The molecule has 170 valence electrons. The molecular formula is C23H27ClN4O4. The standard InChI is InChI=1S/C23H27ClN4O4/c1-16-6-8-26(9-7-16)21-4-2-17(14-22(21)28(30)31)23(29)25-19-15-18(24)3-5-20(19)27-10-12-32-13-11-27/h2-5,14-16H,6-13H2,1H3,(H,25,29). The predicted molar refractivity (Wildman–Crippen MR) is 126 cm³/mol. The number of halogens is 1. The van der Waals surface area contributed by atoms with Gasteiger partial charge in [-0.3, -0.25) is 14.9 Å². The van der Waals surface area contributed by atoms with Crippen LogP contribution in [-0.2, 0) is 4.74 Å². The normalized spacial score (nSPS) is 17.3. The molecule has 0 radical (unpaired) electrons. The van der Waals surface area contributed by atoms with Crippen molar-refractivity contribution in [3.63, 3.8) is 0 Å². The maximum atomic E-state index is 13.0. The van der Waals surface area contributed by atoms with Gasteiger partial charge in [-0.1, -0.05) is 18.5 Å². The van der Waals surface area contributed by atoms with Gasteiger partial charge in [-0.2, -0.15) is 0 Å². The molecule has 1 N–H and O–H groups in total. The molecule has 0 saturated carbocycles. The molecule has 0 atom stereocenters. The topological polar surface area (TPSA) is 88.0 Å². The van der Waals surface area contributed by atoms with Crippen molar-refractivity contribution in [2.45, 2.75) is 19.8 Å². The molecule has 32 heavy (non-hydrogen) atoms. The Morgan fingerprint density at radius 1 is 1.06 bits per heavy atom. The van der Waals surface area contributed by atoms with Crippen LogP contribution in [0.25, 0.3) is 0 Å². The first kappa shape index (κ1) is 22.4. The second-order valence-corrected chi connectivity index (χ2v) is 8.78. The van der Waals surface area contributed by atoms with Crippen LogP contribution in [0, 0.1) is 16.0 Å². The fourth-order valence-corrected chi connectivity index (χ4v) is 4.38. The zero-order valence-corrected chi connectivity index (χ0v) is 18.8. The number of anilines is 3. The Balaban J connectivity index is 1.58. The maximum absolute atomic E-state index is 13.0. The van der Waals surface area contributed by atoms with Crippen molar-refractivity contribution in [1.82, 2.24) is 0 Å². The summed E-state index contributed by atoms with van der Waals surface area (Å²) in [7, 11) is 0. The molecule has 4 rings (SSSR count). The SMILES string of the molecule is CC1CCN(c2ccc(C(=O)Nc3cc(Cl)ccc3N3CCOCC3)cc2[N+](=O)[O-])CC1. The van der Waals surface area contributed by atoms with Crippen molar-refractivity contribution >= 4 is 40.3 Å². The number of piperidine rings is 1. The second-order valence-electron chi connectivity index (χ2n) is 8.35. The number of hydrogen-bond acceptors (Lipinski definition) is 6. The van der Waals surface area contributed by atoms with Crippen molar-refractivity contribution in [3.8, 4) is 0 Å². The predicted octanol–water partition coefficient (Wildman–Crippen LogP) is 4.57. The third-order valence-corrected chi connectivity index (χ3v) is 6.35. The highest BCUT2D eigenvalue weighted by atomic mass is 35.5. The molecular weight excluding hydrogens is 432 g/mol. The first-order valence-electron chi connectivity index (χ1n) is 10.9. The van der Waals surface area contributed by atoms with E-state index in [1.807, 2.05) is 11.0 Å². The number of morpholine rings is 1. The van der Waals surface area contributed by atoms with Gasteiger partial charge in [0, 0.05) is 42.8 Å². The van der Waals surface area contributed by atoms with Gasteiger partial charge in [0.1, 0.15) is 5.69 Å². The lowest BCUT2D eigenvalue weighted by Gasteiger charge is -2.31. The lowest BCUT2D eigenvalue weighted by atomic mass is 9.98. The average molecular weight is 459 g/mol. The Bertz CT molecular complexity index is 1000. The number of benzene rings is 2. The summed E-state index contributed by atoms with van der Waals surface area (Å²) in [5, 5.41) is 15.2. The van der Waals surface area contributed by atoms with E-state index in [4.69, 9.17) is 16.3 Å². The van der Waals surface area contributed by atoms with Gasteiger partial charge in [-0.15, -0.1) is 0 Å². The summed E-state index contributed by atoms with van der Waals surface area (Å²) in [6.07, 6.45) is 2.00. The van der Waals surface area contributed by atoms with E-state index in [2.05, 4.69) is 17.1 Å². The molecule has 0 aliphatic carbocycles. The van der Waals surface area contributed by atoms with Gasteiger partial charge >= 0.3 is 0 Å². The van der Waals surface area contributed by atoms with Crippen LogP contribution < -0.4 is 15.1 Å². The molecule has 0 unspecified atom stereocenters. The summed E-state index contributed by atoms with van der Waals surface area (Å²) in [5.74, 6) is 0.206. The van der Waals surface area contributed by atoms with Crippen molar-refractivity contribution in [2.75, 3.05) is 54.5 Å². The number of carbonyl (C=O) groups excluding carboxylic acids is 1. The lowest BCUT2D eigenvalue weighted by molar-refractivity contribution is -0.384. The molecule has 2 heterocycles. The molecule has 1 amide bonds. The largest absolute Gasteiger partial charge is 0.378 e. The molecule has 2 saturated heterocycles. The van der Waals surface area contributed by atoms with Crippen LogP contribution in [0.5, 0.6) is 0 Å². The quantitative estimate of drug-likeness (QED) is 0.521. The van der Waals surface area contributed by atoms with Crippen molar-refractivity contribution in [3.05, 3.63) is 57.1 Å². The van der Waals surface area contributed by atoms with Crippen molar-refractivity contribution < 1.29 is 14.5 Å². The van der Waals surface area contributed by atoms with E-state index in [1.54, 1.807) is 24.3 Å². The molecule has 2 fully saturated rings. The van der Waals surface area contributed by atoms with Crippen LogP contribution in [0.2, 0.25) is 5.02 Å². The summed E-state index contributed by atoms with van der Waals surface area (Å²) < 4.78 is 5.41. The molecule has 2 aliphatic heterocycles. The minimum absolute atomic E-state index is 0.0494. The first-order chi connectivity index (χ1) is 15.4. The van der Waals surface area contributed by atoms with E-state index < -0.39 is 10.8 Å². The number of nitro groups is 1. The number of rotatable bonds is 5.